The molecule has 0 aliphatic heterocycles. The van der Waals surface area contributed by atoms with E-state index in [-0.39, 0.29) is 5.91 Å². The summed E-state index contributed by atoms with van der Waals surface area (Å²) in [6, 6.07) is 4.25. The second kappa shape index (κ2) is 6.11. The van der Waals surface area contributed by atoms with Crippen LogP contribution in [0.1, 0.15) is 60.8 Å². The molecule has 0 bridgehead atoms. The van der Waals surface area contributed by atoms with Gasteiger partial charge in [-0.1, -0.05) is 26.2 Å². The standard InChI is InChI=1S/C18H25N3O/c1-4-16-13(2)21-12-14(10-11-17(21)19-16)18(22)20(3)15-8-6-5-7-9-15/h10-12,15H,4-9H2,1-3H3. The van der Waals surface area contributed by atoms with Gasteiger partial charge < -0.3 is 9.30 Å². The summed E-state index contributed by atoms with van der Waals surface area (Å²) < 4.78 is 2.04. The Kier molecular flexibility index (Phi) is 4.19. The summed E-state index contributed by atoms with van der Waals surface area (Å²) in [5, 5.41) is 0. The van der Waals surface area contributed by atoms with Crippen LogP contribution in [0.2, 0.25) is 0 Å². The first kappa shape index (κ1) is 15.1. The molecule has 0 unspecified atom stereocenters. The van der Waals surface area contributed by atoms with Gasteiger partial charge in [-0.2, -0.15) is 0 Å². The topological polar surface area (TPSA) is 37.6 Å². The number of aryl methyl sites for hydroxylation is 2. The predicted octanol–water partition coefficient (Wildman–Crippen LogP) is 3.61. The van der Waals surface area contributed by atoms with Crippen molar-refractivity contribution in [2.75, 3.05) is 7.05 Å². The summed E-state index contributed by atoms with van der Waals surface area (Å²) in [7, 11) is 1.95. The second-order valence-electron chi connectivity index (χ2n) is 6.35. The number of amides is 1. The van der Waals surface area contributed by atoms with Crippen LogP contribution in [0, 0.1) is 6.92 Å². The van der Waals surface area contributed by atoms with Crippen molar-refractivity contribution >= 4 is 11.6 Å². The minimum Gasteiger partial charge on any atom is -0.339 e. The van der Waals surface area contributed by atoms with E-state index in [2.05, 4.69) is 18.8 Å². The monoisotopic (exact) mass is 299 g/mol. The van der Waals surface area contributed by atoms with Crippen molar-refractivity contribution in [3.63, 3.8) is 0 Å². The van der Waals surface area contributed by atoms with Crippen LogP contribution in [-0.4, -0.2) is 33.3 Å². The lowest BCUT2D eigenvalue weighted by Gasteiger charge is -2.31. The van der Waals surface area contributed by atoms with Crippen LogP contribution >= 0.6 is 0 Å². The molecule has 118 valence electrons. The molecule has 4 nitrogen and oxygen atoms in total. The van der Waals surface area contributed by atoms with Crippen LogP contribution in [0.3, 0.4) is 0 Å². The lowest BCUT2D eigenvalue weighted by Crippen LogP contribution is -2.38. The molecular formula is C18H25N3O. The van der Waals surface area contributed by atoms with Crippen molar-refractivity contribution in [1.82, 2.24) is 14.3 Å². The molecule has 1 amide bonds. The largest absolute Gasteiger partial charge is 0.339 e. The van der Waals surface area contributed by atoms with E-state index >= 15 is 0 Å². The third-order valence-corrected chi connectivity index (χ3v) is 4.98. The quantitative estimate of drug-likeness (QED) is 0.868. The predicted molar refractivity (Wildman–Crippen MR) is 88.3 cm³/mol. The third kappa shape index (κ3) is 2.62. The molecule has 0 spiro atoms. The molecule has 4 heteroatoms. The third-order valence-electron chi connectivity index (χ3n) is 4.98. The first-order valence-electron chi connectivity index (χ1n) is 8.36. The Hall–Kier alpha value is -1.84. The van der Waals surface area contributed by atoms with E-state index in [9.17, 15) is 4.79 Å². The van der Waals surface area contributed by atoms with Gasteiger partial charge in [-0.05, 0) is 38.3 Å². The first-order chi connectivity index (χ1) is 10.6. The van der Waals surface area contributed by atoms with Crippen molar-refractivity contribution in [1.29, 1.82) is 0 Å². The fourth-order valence-corrected chi connectivity index (χ4v) is 3.51. The molecule has 1 fully saturated rings. The van der Waals surface area contributed by atoms with E-state index in [0.717, 1.165) is 41.9 Å². The lowest BCUT2D eigenvalue weighted by molar-refractivity contribution is 0.0695. The highest BCUT2D eigenvalue weighted by Crippen LogP contribution is 2.23. The van der Waals surface area contributed by atoms with Crippen LogP contribution in [0.5, 0.6) is 0 Å². The summed E-state index contributed by atoms with van der Waals surface area (Å²) in [5.74, 6) is 0.125. The number of imidazole rings is 1. The van der Waals surface area contributed by atoms with E-state index in [1.165, 1.54) is 19.3 Å². The Bertz CT molecular complexity index is 683. The van der Waals surface area contributed by atoms with Gasteiger partial charge in [0, 0.05) is 25.0 Å². The maximum Gasteiger partial charge on any atom is 0.255 e. The number of carbonyl (C=O) groups is 1. The normalized spacial score (nSPS) is 16.1. The smallest absolute Gasteiger partial charge is 0.255 e. The molecule has 2 aromatic heterocycles. The van der Waals surface area contributed by atoms with Crippen molar-refractivity contribution < 1.29 is 4.79 Å². The summed E-state index contributed by atoms with van der Waals surface area (Å²) in [6.45, 7) is 4.18. The zero-order valence-electron chi connectivity index (χ0n) is 13.8. The molecular weight excluding hydrogens is 274 g/mol. The Morgan fingerprint density at radius 1 is 1.32 bits per heavy atom. The number of hydrogen-bond donors (Lipinski definition) is 0. The SMILES string of the molecule is CCc1nc2ccc(C(=O)N(C)C3CCCCC3)cn2c1C. The maximum absolute atomic E-state index is 12.8. The molecule has 0 atom stereocenters. The Labute approximate surface area is 132 Å². The molecule has 1 saturated carbocycles. The Morgan fingerprint density at radius 2 is 2.05 bits per heavy atom. The molecule has 0 radical (unpaired) electrons. The number of hydrogen-bond acceptors (Lipinski definition) is 2. The minimum atomic E-state index is 0.125. The van der Waals surface area contributed by atoms with Crippen LogP contribution < -0.4 is 0 Å². The van der Waals surface area contributed by atoms with Gasteiger partial charge >= 0.3 is 0 Å². The van der Waals surface area contributed by atoms with Gasteiger partial charge in [-0.15, -0.1) is 0 Å². The molecule has 2 aromatic rings. The number of nitrogens with zero attached hydrogens (tertiary/aromatic N) is 3. The van der Waals surface area contributed by atoms with Crippen molar-refractivity contribution in [3.05, 3.63) is 35.3 Å². The number of fused-ring (bicyclic) bond motifs is 1. The maximum atomic E-state index is 12.8. The summed E-state index contributed by atoms with van der Waals surface area (Å²) in [5.41, 5.74) is 3.91. The van der Waals surface area contributed by atoms with Crippen molar-refractivity contribution in [2.45, 2.75) is 58.4 Å². The summed E-state index contributed by atoms with van der Waals surface area (Å²) >= 11 is 0. The van der Waals surface area contributed by atoms with Gasteiger partial charge in [0.2, 0.25) is 0 Å². The van der Waals surface area contributed by atoms with E-state index < -0.39 is 0 Å². The fourth-order valence-electron chi connectivity index (χ4n) is 3.51. The number of carbonyl (C=O) groups excluding carboxylic acids is 1. The molecule has 1 aliphatic carbocycles. The van der Waals surface area contributed by atoms with Gasteiger partial charge in [0.15, 0.2) is 0 Å². The van der Waals surface area contributed by atoms with Crippen LogP contribution in [0.25, 0.3) is 5.65 Å². The fraction of sp³-hybridized carbons (Fsp3) is 0.556. The lowest BCUT2D eigenvalue weighted by atomic mass is 9.94. The van der Waals surface area contributed by atoms with Gasteiger partial charge in [0.05, 0.1) is 11.3 Å². The Morgan fingerprint density at radius 3 is 2.73 bits per heavy atom. The summed E-state index contributed by atoms with van der Waals surface area (Å²) in [6.07, 6.45) is 8.91. The highest BCUT2D eigenvalue weighted by molar-refractivity contribution is 5.94. The molecule has 0 aromatic carbocycles. The van der Waals surface area contributed by atoms with E-state index in [4.69, 9.17) is 0 Å². The zero-order valence-corrected chi connectivity index (χ0v) is 13.8. The van der Waals surface area contributed by atoms with E-state index in [0.29, 0.717) is 6.04 Å². The number of rotatable bonds is 3. The highest BCUT2D eigenvalue weighted by Gasteiger charge is 2.23. The molecule has 2 heterocycles. The van der Waals surface area contributed by atoms with E-state index in [1.807, 2.05) is 34.7 Å². The Balaban J connectivity index is 1.88. The first-order valence-corrected chi connectivity index (χ1v) is 8.36. The van der Waals surface area contributed by atoms with Crippen LogP contribution in [0.15, 0.2) is 18.3 Å². The van der Waals surface area contributed by atoms with Gasteiger partial charge in [0.1, 0.15) is 5.65 Å². The minimum absolute atomic E-state index is 0.125. The van der Waals surface area contributed by atoms with Gasteiger partial charge in [-0.3, -0.25) is 4.79 Å². The highest BCUT2D eigenvalue weighted by atomic mass is 16.2. The molecule has 0 N–H and O–H groups in total. The number of aromatic nitrogens is 2. The average molecular weight is 299 g/mol. The molecule has 3 rings (SSSR count). The second-order valence-corrected chi connectivity index (χ2v) is 6.35. The van der Waals surface area contributed by atoms with Gasteiger partial charge in [0.25, 0.3) is 5.91 Å². The zero-order chi connectivity index (χ0) is 15.7. The number of pyridine rings is 1. The van der Waals surface area contributed by atoms with Crippen LogP contribution in [0.4, 0.5) is 0 Å². The van der Waals surface area contributed by atoms with Crippen molar-refractivity contribution in [2.24, 2.45) is 0 Å². The molecule has 1 aliphatic rings. The summed E-state index contributed by atoms with van der Waals surface area (Å²) in [4.78, 5) is 19.3. The van der Waals surface area contributed by atoms with Gasteiger partial charge in [-0.25, -0.2) is 4.98 Å². The van der Waals surface area contributed by atoms with E-state index in [1.54, 1.807) is 0 Å². The molecule has 0 saturated heterocycles. The average Bonchev–Trinajstić information content (AvgIpc) is 2.90. The van der Waals surface area contributed by atoms with Crippen molar-refractivity contribution in [3.8, 4) is 0 Å². The molecule has 22 heavy (non-hydrogen) atoms. The van der Waals surface area contributed by atoms with Crippen LogP contribution in [-0.2, 0) is 6.42 Å².